The van der Waals surface area contributed by atoms with Crippen LogP contribution in [-0.2, 0) is 19.3 Å². The van der Waals surface area contributed by atoms with Crippen molar-refractivity contribution in [2.45, 2.75) is 52.0 Å². The monoisotopic (exact) mass is 305 g/mol. The number of fused-ring (bicyclic) bond motifs is 1. The van der Waals surface area contributed by atoms with E-state index in [1.165, 1.54) is 4.57 Å². The van der Waals surface area contributed by atoms with Crippen LogP contribution in [0.1, 0.15) is 38.8 Å². The number of hydrogen-bond acceptors (Lipinski definition) is 4. The SMILES string of the molecule is CC(C)CC(C)(CN)N1CCn2c(nnc2C(F)(F)F)C1. The molecule has 120 valence electrons. The van der Waals surface area contributed by atoms with Crippen molar-refractivity contribution in [3.05, 3.63) is 11.6 Å². The predicted octanol–water partition coefficient (Wildman–Crippen LogP) is 1.88. The molecule has 1 aliphatic heterocycles. The second-order valence-electron chi connectivity index (χ2n) is 6.31. The zero-order valence-electron chi connectivity index (χ0n) is 12.6. The van der Waals surface area contributed by atoms with Gasteiger partial charge in [0.2, 0.25) is 5.82 Å². The molecule has 5 nitrogen and oxygen atoms in total. The quantitative estimate of drug-likeness (QED) is 0.922. The predicted molar refractivity (Wildman–Crippen MR) is 72.3 cm³/mol. The molecule has 21 heavy (non-hydrogen) atoms. The van der Waals surface area contributed by atoms with Gasteiger partial charge in [0.15, 0.2) is 0 Å². The number of rotatable bonds is 4. The summed E-state index contributed by atoms with van der Waals surface area (Å²) in [5.41, 5.74) is 5.68. The van der Waals surface area contributed by atoms with E-state index in [2.05, 4.69) is 35.9 Å². The molecular weight excluding hydrogens is 283 g/mol. The van der Waals surface area contributed by atoms with Gasteiger partial charge in [-0.15, -0.1) is 10.2 Å². The van der Waals surface area contributed by atoms with Crippen molar-refractivity contribution in [2.24, 2.45) is 11.7 Å². The van der Waals surface area contributed by atoms with Crippen LogP contribution in [0.5, 0.6) is 0 Å². The Morgan fingerprint density at radius 3 is 2.43 bits per heavy atom. The third-order valence-corrected chi connectivity index (χ3v) is 4.06. The normalized spacial score (nSPS) is 19.6. The van der Waals surface area contributed by atoms with E-state index in [0.29, 0.717) is 31.4 Å². The third kappa shape index (κ3) is 3.21. The largest absolute Gasteiger partial charge is 0.451 e. The highest BCUT2D eigenvalue weighted by Gasteiger charge is 2.41. The molecule has 1 aromatic rings. The van der Waals surface area contributed by atoms with E-state index in [1.54, 1.807) is 0 Å². The zero-order valence-corrected chi connectivity index (χ0v) is 12.6. The van der Waals surface area contributed by atoms with Crippen molar-refractivity contribution in [1.82, 2.24) is 19.7 Å². The summed E-state index contributed by atoms with van der Waals surface area (Å²) in [6, 6.07) is 0. The Hall–Kier alpha value is -1.15. The number of halogens is 3. The van der Waals surface area contributed by atoms with Crippen molar-refractivity contribution < 1.29 is 13.2 Å². The first-order chi connectivity index (χ1) is 9.67. The van der Waals surface area contributed by atoms with E-state index in [0.717, 1.165) is 6.42 Å². The minimum Gasteiger partial charge on any atom is -0.329 e. The van der Waals surface area contributed by atoms with E-state index in [1.807, 2.05) is 0 Å². The molecule has 2 rings (SSSR count). The summed E-state index contributed by atoms with van der Waals surface area (Å²) in [7, 11) is 0. The molecule has 0 bridgehead atoms. The second kappa shape index (κ2) is 5.57. The Bertz CT molecular complexity index is 496. The molecule has 8 heteroatoms. The van der Waals surface area contributed by atoms with Crippen LogP contribution in [0.2, 0.25) is 0 Å². The number of aromatic nitrogens is 3. The van der Waals surface area contributed by atoms with Gasteiger partial charge < -0.3 is 10.3 Å². The molecule has 0 aromatic carbocycles. The highest BCUT2D eigenvalue weighted by Crippen LogP contribution is 2.32. The summed E-state index contributed by atoms with van der Waals surface area (Å²) in [6.07, 6.45) is -3.56. The first kappa shape index (κ1) is 16.2. The van der Waals surface area contributed by atoms with Crippen molar-refractivity contribution in [2.75, 3.05) is 13.1 Å². The van der Waals surface area contributed by atoms with Crippen LogP contribution < -0.4 is 5.73 Å². The molecule has 1 aliphatic rings. The molecule has 1 aromatic heterocycles. The van der Waals surface area contributed by atoms with E-state index < -0.39 is 12.0 Å². The lowest BCUT2D eigenvalue weighted by Crippen LogP contribution is -2.54. The van der Waals surface area contributed by atoms with Crippen LogP contribution in [0.3, 0.4) is 0 Å². The van der Waals surface area contributed by atoms with Gasteiger partial charge in [-0.2, -0.15) is 13.2 Å². The maximum absolute atomic E-state index is 12.8. The average Bonchev–Trinajstić information content (AvgIpc) is 2.80. The van der Waals surface area contributed by atoms with Gasteiger partial charge in [0, 0.05) is 25.2 Å². The number of nitrogens with zero attached hydrogens (tertiary/aromatic N) is 4. The summed E-state index contributed by atoms with van der Waals surface area (Å²) in [5, 5.41) is 7.01. The van der Waals surface area contributed by atoms with Gasteiger partial charge >= 0.3 is 6.18 Å². The molecule has 2 N–H and O–H groups in total. The minimum absolute atomic E-state index is 0.232. The lowest BCUT2D eigenvalue weighted by atomic mass is 9.88. The molecule has 0 fully saturated rings. The molecule has 0 amide bonds. The fraction of sp³-hybridized carbons (Fsp3) is 0.846. The lowest BCUT2D eigenvalue weighted by molar-refractivity contribution is -0.148. The summed E-state index contributed by atoms with van der Waals surface area (Å²) in [4.78, 5) is 2.12. The molecule has 0 aliphatic carbocycles. The topological polar surface area (TPSA) is 60.0 Å². The summed E-state index contributed by atoms with van der Waals surface area (Å²) in [5.74, 6) is -0.0865. The number of nitrogens with two attached hydrogens (primary N) is 1. The van der Waals surface area contributed by atoms with Gasteiger partial charge in [-0.3, -0.25) is 4.90 Å². The van der Waals surface area contributed by atoms with Gasteiger partial charge in [0.05, 0.1) is 6.54 Å². The maximum atomic E-state index is 12.8. The molecule has 2 heterocycles. The fourth-order valence-corrected chi connectivity index (χ4v) is 3.05. The van der Waals surface area contributed by atoms with Crippen LogP contribution in [0, 0.1) is 5.92 Å². The van der Waals surface area contributed by atoms with E-state index in [-0.39, 0.29) is 12.1 Å². The maximum Gasteiger partial charge on any atom is 0.451 e. The molecule has 0 radical (unpaired) electrons. The Labute approximate surface area is 122 Å². The van der Waals surface area contributed by atoms with Crippen LogP contribution in [0.25, 0.3) is 0 Å². The van der Waals surface area contributed by atoms with Crippen molar-refractivity contribution in [3.63, 3.8) is 0 Å². The molecule has 1 unspecified atom stereocenters. The Kier molecular flexibility index (Phi) is 4.30. The molecule has 0 saturated heterocycles. The van der Waals surface area contributed by atoms with Gasteiger partial charge in [-0.25, -0.2) is 0 Å². The van der Waals surface area contributed by atoms with E-state index >= 15 is 0 Å². The van der Waals surface area contributed by atoms with Crippen LogP contribution in [-0.4, -0.2) is 38.3 Å². The average molecular weight is 305 g/mol. The van der Waals surface area contributed by atoms with E-state index in [4.69, 9.17) is 5.73 Å². The van der Waals surface area contributed by atoms with Crippen LogP contribution in [0.15, 0.2) is 0 Å². The van der Waals surface area contributed by atoms with Crippen LogP contribution in [0.4, 0.5) is 13.2 Å². The van der Waals surface area contributed by atoms with Gasteiger partial charge in [0.25, 0.3) is 0 Å². The molecule has 0 saturated carbocycles. The third-order valence-electron chi connectivity index (χ3n) is 4.06. The Morgan fingerprint density at radius 1 is 1.24 bits per heavy atom. The molecule has 0 spiro atoms. The fourth-order valence-electron chi connectivity index (χ4n) is 3.05. The number of alkyl halides is 3. The van der Waals surface area contributed by atoms with E-state index in [9.17, 15) is 13.2 Å². The van der Waals surface area contributed by atoms with Gasteiger partial charge in [-0.05, 0) is 19.3 Å². The smallest absolute Gasteiger partial charge is 0.329 e. The van der Waals surface area contributed by atoms with Crippen molar-refractivity contribution in [3.8, 4) is 0 Å². The minimum atomic E-state index is -4.46. The lowest BCUT2D eigenvalue weighted by Gasteiger charge is -2.43. The Balaban J connectivity index is 2.22. The molecular formula is C13H22F3N5. The summed E-state index contributed by atoms with van der Waals surface area (Å²) in [6.45, 7) is 7.86. The van der Waals surface area contributed by atoms with Crippen molar-refractivity contribution >= 4 is 0 Å². The standard InChI is InChI=1S/C13H22F3N5/c1-9(2)6-12(3,8-17)20-4-5-21-10(7-20)18-19-11(21)13(14,15)16/h9H,4-8,17H2,1-3H3. The number of hydrogen-bond donors (Lipinski definition) is 1. The first-order valence-corrected chi connectivity index (χ1v) is 7.12. The zero-order chi connectivity index (χ0) is 15.8. The Morgan fingerprint density at radius 2 is 1.90 bits per heavy atom. The molecule has 1 atom stereocenters. The second-order valence-corrected chi connectivity index (χ2v) is 6.31. The summed E-state index contributed by atoms with van der Waals surface area (Å²) < 4.78 is 39.6. The van der Waals surface area contributed by atoms with Crippen LogP contribution >= 0.6 is 0 Å². The highest BCUT2D eigenvalue weighted by molar-refractivity contribution is 5.04. The van der Waals surface area contributed by atoms with Gasteiger partial charge in [-0.1, -0.05) is 13.8 Å². The summed E-state index contributed by atoms with van der Waals surface area (Å²) >= 11 is 0. The highest BCUT2D eigenvalue weighted by atomic mass is 19.4. The first-order valence-electron chi connectivity index (χ1n) is 7.12. The van der Waals surface area contributed by atoms with Crippen molar-refractivity contribution in [1.29, 1.82) is 0 Å². The van der Waals surface area contributed by atoms with Gasteiger partial charge in [0.1, 0.15) is 5.82 Å².